The summed E-state index contributed by atoms with van der Waals surface area (Å²) in [4.78, 5) is 4.53. The van der Waals surface area contributed by atoms with Gasteiger partial charge in [0.2, 0.25) is 0 Å². The molecule has 90 valence electrons. The van der Waals surface area contributed by atoms with Crippen molar-refractivity contribution < 1.29 is 0 Å². The molecule has 0 heterocycles. The Labute approximate surface area is 98.8 Å². The van der Waals surface area contributed by atoms with Crippen molar-refractivity contribution in [2.75, 3.05) is 34.2 Å². The molecule has 0 bridgehead atoms. The summed E-state index contributed by atoms with van der Waals surface area (Å²) < 4.78 is 0. The molecule has 2 N–H and O–H groups in total. The van der Waals surface area contributed by atoms with E-state index in [4.69, 9.17) is 5.73 Å². The largest absolute Gasteiger partial charge is 0.326 e. The van der Waals surface area contributed by atoms with Crippen LogP contribution in [0.15, 0.2) is 24.3 Å². The lowest BCUT2D eigenvalue weighted by Crippen LogP contribution is -2.28. The molecular formula is C13H23N3. The van der Waals surface area contributed by atoms with Gasteiger partial charge in [-0.3, -0.25) is 0 Å². The first-order valence-electron chi connectivity index (χ1n) is 5.73. The van der Waals surface area contributed by atoms with Crippen LogP contribution in [-0.4, -0.2) is 44.0 Å². The van der Waals surface area contributed by atoms with E-state index < -0.39 is 0 Å². The standard InChI is InChI=1S/C13H23N3/c1-15(2)8-9-16(3)11-13-7-5-4-6-12(13)10-14/h4-7H,8-11,14H2,1-3H3. The first-order chi connectivity index (χ1) is 7.63. The smallest absolute Gasteiger partial charge is 0.0234 e. The number of rotatable bonds is 6. The molecule has 1 aromatic rings. The fraction of sp³-hybridized carbons (Fsp3) is 0.538. The van der Waals surface area contributed by atoms with Gasteiger partial charge in [-0.1, -0.05) is 24.3 Å². The van der Waals surface area contributed by atoms with Crippen molar-refractivity contribution in [3.8, 4) is 0 Å². The fourth-order valence-electron chi connectivity index (χ4n) is 1.65. The third-order valence-electron chi connectivity index (χ3n) is 2.71. The molecule has 0 atom stereocenters. The lowest BCUT2D eigenvalue weighted by Gasteiger charge is -2.20. The molecule has 0 spiro atoms. The van der Waals surface area contributed by atoms with Crippen molar-refractivity contribution in [1.29, 1.82) is 0 Å². The van der Waals surface area contributed by atoms with Gasteiger partial charge in [0, 0.05) is 26.2 Å². The van der Waals surface area contributed by atoms with E-state index >= 15 is 0 Å². The Bertz CT molecular complexity index is 310. The second kappa shape index (κ2) is 6.63. The maximum absolute atomic E-state index is 5.72. The van der Waals surface area contributed by atoms with E-state index in [0.29, 0.717) is 6.54 Å². The number of nitrogens with two attached hydrogens (primary N) is 1. The zero-order chi connectivity index (χ0) is 12.0. The van der Waals surface area contributed by atoms with Gasteiger partial charge in [-0.15, -0.1) is 0 Å². The molecule has 0 unspecified atom stereocenters. The maximum Gasteiger partial charge on any atom is 0.0234 e. The Hall–Kier alpha value is -0.900. The van der Waals surface area contributed by atoms with Crippen LogP contribution in [0.1, 0.15) is 11.1 Å². The predicted octanol–water partition coefficient (Wildman–Crippen LogP) is 1.14. The Morgan fingerprint density at radius 3 is 2.19 bits per heavy atom. The monoisotopic (exact) mass is 221 g/mol. The third kappa shape index (κ3) is 4.31. The molecule has 3 nitrogen and oxygen atoms in total. The van der Waals surface area contributed by atoms with Crippen LogP contribution in [-0.2, 0) is 13.1 Å². The fourth-order valence-corrected chi connectivity index (χ4v) is 1.65. The number of nitrogens with zero attached hydrogens (tertiary/aromatic N) is 2. The minimum absolute atomic E-state index is 0.623. The first kappa shape index (κ1) is 13.2. The number of hydrogen-bond acceptors (Lipinski definition) is 3. The summed E-state index contributed by atoms with van der Waals surface area (Å²) >= 11 is 0. The summed E-state index contributed by atoms with van der Waals surface area (Å²) in [6.45, 7) is 3.76. The molecule has 16 heavy (non-hydrogen) atoms. The van der Waals surface area contributed by atoms with Crippen LogP contribution in [0, 0.1) is 0 Å². The summed E-state index contributed by atoms with van der Waals surface area (Å²) in [5.41, 5.74) is 8.31. The average molecular weight is 221 g/mol. The molecule has 1 aromatic carbocycles. The van der Waals surface area contributed by atoms with Crippen molar-refractivity contribution in [3.05, 3.63) is 35.4 Å². The lowest BCUT2D eigenvalue weighted by atomic mass is 10.1. The highest BCUT2D eigenvalue weighted by atomic mass is 15.1. The SMILES string of the molecule is CN(C)CCN(C)Cc1ccccc1CN. The third-order valence-corrected chi connectivity index (χ3v) is 2.71. The van der Waals surface area contributed by atoms with Crippen molar-refractivity contribution in [1.82, 2.24) is 9.80 Å². The van der Waals surface area contributed by atoms with E-state index in [1.807, 2.05) is 6.07 Å². The topological polar surface area (TPSA) is 32.5 Å². The van der Waals surface area contributed by atoms with Gasteiger partial charge in [0.1, 0.15) is 0 Å². The van der Waals surface area contributed by atoms with Crippen molar-refractivity contribution >= 4 is 0 Å². The van der Waals surface area contributed by atoms with E-state index in [1.165, 1.54) is 11.1 Å². The number of benzene rings is 1. The van der Waals surface area contributed by atoms with E-state index in [1.54, 1.807) is 0 Å². The minimum Gasteiger partial charge on any atom is -0.326 e. The molecule has 0 aromatic heterocycles. The molecule has 0 aliphatic carbocycles. The van der Waals surface area contributed by atoms with Crippen molar-refractivity contribution in [3.63, 3.8) is 0 Å². The van der Waals surface area contributed by atoms with E-state index in [9.17, 15) is 0 Å². The van der Waals surface area contributed by atoms with Gasteiger partial charge in [-0.25, -0.2) is 0 Å². The summed E-state index contributed by atoms with van der Waals surface area (Å²) in [5.74, 6) is 0. The normalized spacial score (nSPS) is 11.4. The van der Waals surface area contributed by atoms with Gasteiger partial charge < -0.3 is 15.5 Å². The average Bonchev–Trinajstić information content (AvgIpc) is 2.27. The Balaban J connectivity index is 2.51. The van der Waals surface area contributed by atoms with Crippen molar-refractivity contribution in [2.45, 2.75) is 13.1 Å². The summed E-state index contributed by atoms with van der Waals surface area (Å²) in [6, 6.07) is 8.39. The number of likely N-dealkylation sites (N-methyl/N-ethyl adjacent to an activating group) is 2. The summed E-state index contributed by atoms with van der Waals surface area (Å²) in [7, 11) is 6.35. The highest BCUT2D eigenvalue weighted by Gasteiger charge is 2.04. The quantitative estimate of drug-likeness (QED) is 0.782. The molecule has 1 rings (SSSR count). The molecule has 0 radical (unpaired) electrons. The van der Waals surface area contributed by atoms with Crippen LogP contribution in [0.5, 0.6) is 0 Å². The van der Waals surface area contributed by atoms with Gasteiger partial charge in [-0.05, 0) is 32.3 Å². The van der Waals surface area contributed by atoms with Crippen LogP contribution in [0.2, 0.25) is 0 Å². The molecule has 0 saturated heterocycles. The van der Waals surface area contributed by atoms with Gasteiger partial charge >= 0.3 is 0 Å². The Kier molecular flexibility index (Phi) is 5.46. The first-order valence-corrected chi connectivity index (χ1v) is 5.73. The minimum atomic E-state index is 0.623. The molecular weight excluding hydrogens is 198 g/mol. The van der Waals surface area contributed by atoms with Crippen LogP contribution in [0.25, 0.3) is 0 Å². The molecule has 0 aliphatic rings. The maximum atomic E-state index is 5.72. The summed E-state index contributed by atoms with van der Waals surface area (Å²) in [6.07, 6.45) is 0. The van der Waals surface area contributed by atoms with Gasteiger partial charge in [0.25, 0.3) is 0 Å². The molecule has 0 saturated carbocycles. The molecule has 0 aliphatic heterocycles. The Morgan fingerprint density at radius 2 is 1.62 bits per heavy atom. The predicted molar refractivity (Wildman–Crippen MR) is 69.2 cm³/mol. The number of hydrogen-bond donors (Lipinski definition) is 1. The van der Waals surface area contributed by atoms with E-state index in [0.717, 1.165) is 19.6 Å². The van der Waals surface area contributed by atoms with Crippen LogP contribution >= 0.6 is 0 Å². The molecule has 0 amide bonds. The molecule has 0 fully saturated rings. The highest BCUT2D eigenvalue weighted by molar-refractivity contribution is 5.26. The highest BCUT2D eigenvalue weighted by Crippen LogP contribution is 2.10. The second-order valence-corrected chi connectivity index (χ2v) is 4.51. The van der Waals surface area contributed by atoms with Crippen LogP contribution in [0.3, 0.4) is 0 Å². The summed E-state index contributed by atoms with van der Waals surface area (Å²) in [5, 5.41) is 0. The van der Waals surface area contributed by atoms with Gasteiger partial charge in [0.15, 0.2) is 0 Å². The zero-order valence-corrected chi connectivity index (χ0v) is 10.6. The van der Waals surface area contributed by atoms with Crippen LogP contribution in [0.4, 0.5) is 0 Å². The van der Waals surface area contributed by atoms with Gasteiger partial charge in [0.05, 0.1) is 0 Å². The molecule has 3 heteroatoms. The van der Waals surface area contributed by atoms with E-state index in [-0.39, 0.29) is 0 Å². The zero-order valence-electron chi connectivity index (χ0n) is 10.6. The van der Waals surface area contributed by atoms with Crippen molar-refractivity contribution in [2.24, 2.45) is 5.73 Å². The van der Waals surface area contributed by atoms with Gasteiger partial charge in [-0.2, -0.15) is 0 Å². The van der Waals surface area contributed by atoms with E-state index in [2.05, 4.69) is 49.1 Å². The second-order valence-electron chi connectivity index (χ2n) is 4.51. The lowest BCUT2D eigenvalue weighted by molar-refractivity contribution is 0.276. The van der Waals surface area contributed by atoms with Crippen LogP contribution < -0.4 is 5.73 Å². The Morgan fingerprint density at radius 1 is 1.00 bits per heavy atom.